The van der Waals surface area contributed by atoms with Crippen LogP contribution in [-0.4, -0.2) is 0 Å². The van der Waals surface area contributed by atoms with Crippen LogP contribution in [0.15, 0.2) is 84.9 Å². The van der Waals surface area contributed by atoms with Gasteiger partial charge in [-0.25, -0.2) is 0 Å². The summed E-state index contributed by atoms with van der Waals surface area (Å²) in [6.07, 6.45) is 0. The second-order valence-electron chi connectivity index (χ2n) is 8.24. The molecule has 0 radical (unpaired) electrons. The lowest BCUT2D eigenvalue weighted by atomic mass is 9.79. The summed E-state index contributed by atoms with van der Waals surface area (Å²) in [6.45, 7) is 16.8. The molecule has 0 aromatic heterocycles. The summed E-state index contributed by atoms with van der Waals surface area (Å²) in [6, 6.07) is 31.4. The van der Waals surface area contributed by atoms with Crippen molar-refractivity contribution in [3.63, 3.8) is 0 Å². The van der Waals surface area contributed by atoms with E-state index < -0.39 is 0 Å². The van der Waals surface area contributed by atoms with E-state index in [4.69, 9.17) is 0 Å². The maximum absolute atomic E-state index is 2.40. The lowest BCUT2D eigenvalue weighted by Crippen LogP contribution is -2.15. The van der Waals surface area contributed by atoms with E-state index in [0.29, 0.717) is 0 Å². The summed E-state index contributed by atoms with van der Waals surface area (Å²) in [4.78, 5) is 0. The van der Waals surface area contributed by atoms with Crippen molar-refractivity contribution in [1.82, 2.24) is 0 Å². The van der Waals surface area contributed by atoms with Gasteiger partial charge in [-0.3, -0.25) is 0 Å². The Balaban J connectivity index is 0.000000475. The van der Waals surface area contributed by atoms with Gasteiger partial charge in [-0.1, -0.05) is 128 Å². The van der Waals surface area contributed by atoms with Crippen LogP contribution in [0.4, 0.5) is 0 Å². The maximum Gasteiger partial charge on any atom is 0.0165 e. The molecule has 0 saturated heterocycles. The molecule has 0 heteroatoms. The Labute approximate surface area is 200 Å². The Kier molecular flexibility index (Phi) is 7.59. The minimum Gasteiger partial charge on any atom is -0.0683 e. The summed E-state index contributed by atoms with van der Waals surface area (Å²) >= 11 is 0. The third-order valence-corrected chi connectivity index (χ3v) is 6.38. The van der Waals surface area contributed by atoms with Gasteiger partial charge in [0.05, 0.1) is 0 Å². The van der Waals surface area contributed by atoms with Crippen molar-refractivity contribution in [1.29, 1.82) is 0 Å². The molecule has 170 valence electrons. The molecule has 0 fully saturated rings. The topological polar surface area (TPSA) is 0 Å². The van der Waals surface area contributed by atoms with E-state index in [1.165, 1.54) is 54.6 Å². The summed E-state index contributed by atoms with van der Waals surface area (Å²) < 4.78 is 0. The van der Waals surface area contributed by atoms with Gasteiger partial charge in [0, 0.05) is 5.41 Å². The van der Waals surface area contributed by atoms with Crippen LogP contribution in [0.2, 0.25) is 0 Å². The first-order valence-electron chi connectivity index (χ1n) is 12.6. The van der Waals surface area contributed by atoms with Crippen LogP contribution >= 0.6 is 0 Å². The van der Waals surface area contributed by atoms with Crippen molar-refractivity contribution in [2.75, 3.05) is 0 Å². The van der Waals surface area contributed by atoms with E-state index in [-0.39, 0.29) is 5.41 Å². The van der Waals surface area contributed by atoms with Crippen LogP contribution in [0.3, 0.4) is 0 Å². The van der Waals surface area contributed by atoms with E-state index in [0.717, 1.165) is 0 Å². The highest BCUT2D eigenvalue weighted by Gasteiger charge is 2.37. The molecular formula is C33H38. The van der Waals surface area contributed by atoms with Crippen LogP contribution < -0.4 is 0 Å². The van der Waals surface area contributed by atoms with Gasteiger partial charge in [-0.05, 0) is 66.7 Å². The Hall–Kier alpha value is -3.12. The predicted molar refractivity (Wildman–Crippen MR) is 151 cm³/mol. The van der Waals surface area contributed by atoms with Gasteiger partial charge in [0.15, 0.2) is 0 Å². The number of fused-ring (bicyclic) bond motifs is 8. The first-order valence-corrected chi connectivity index (χ1v) is 12.6. The van der Waals surface area contributed by atoms with Crippen molar-refractivity contribution >= 4 is 32.3 Å². The van der Waals surface area contributed by atoms with Crippen molar-refractivity contribution < 1.29 is 0 Å². The molecule has 0 unspecified atom stereocenters. The molecule has 0 N–H and O–H groups in total. The van der Waals surface area contributed by atoms with Crippen LogP contribution in [0.25, 0.3) is 43.4 Å². The Morgan fingerprint density at radius 2 is 1.00 bits per heavy atom. The van der Waals surface area contributed by atoms with Gasteiger partial charge in [0.25, 0.3) is 0 Å². The smallest absolute Gasteiger partial charge is 0.0165 e. The van der Waals surface area contributed by atoms with E-state index in [1.807, 2.05) is 41.5 Å². The summed E-state index contributed by atoms with van der Waals surface area (Å²) in [5.74, 6) is 0. The van der Waals surface area contributed by atoms with Crippen molar-refractivity contribution in [2.45, 2.75) is 60.8 Å². The molecule has 0 nitrogen and oxygen atoms in total. The fraction of sp³-hybridized carbons (Fsp3) is 0.273. The lowest BCUT2D eigenvalue weighted by Gasteiger charge is -2.24. The molecule has 0 atom stereocenters. The van der Waals surface area contributed by atoms with Gasteiger partial charge in [0.2, 0.25) is 0 Å². The second-order valence-corrected chi connectivity index (χ2v) is 8.24. The van der Waals surface area contributed by atoms with Crippen molar-refractivity contribution in [3.05, 3.63) is 96.1 Å². The van der Waals surface area contributed by atoms with Gasteiger partial charge >= 0.3 is 0 Å². The van der Waals surface area contributed by atoms with E-state index in [9.17, 15) is 0 Å². The third kappa shape index (κ3) is 3.93. The summed E-state index contributed by atoms with van der Waals surface area (Å²) in [5.41, 5.74) is 5.69. The molecule has 1 aliphatic rings. The first-order chi connectivity index (χ1) is 16.1. The van der Waals surface area contributed by atoms with Crippen LogP contribution in [0, 0.1) is 0 Å². The standard InChI is InChI=1S/C27H20.3C2H6/c1-27(2)24-16-20-9-4-3-8-19(20)15-23(24)22-14-13-18-12-11-17-7-5-6-10-21(17)25(18)26(22)27;3*1-2/h3-16H,1-2H3;3*1-2H3. The molecule has 33 heavy (non-hydrogen) atoms. The highest BCUT2D eigenvalue weighted by atomic mass is 14.4. The van der Waals surface area contributed by atoms with Gasteiger partial charge in [-0.2, -0.15) is 0 Å². The zero-order valence-corrected chi connectivity index (χ0v) is 21.6. The average molecular weight is 435 g/mol. The van der Waals surface area contributed by atoms with Gasteiger partial charge < -0.3 is 0 Å². The van der Waals surface area contributed by atoms with E-state index in [2.05, 4.69) is 98.8 Å². The Morgan fingerprint density at radius 3 is 1.67 bits per heavy atom. The van der Waals surface area contributed by atoms with E-state index >= 15 is 0 Å². The third-order valence-electron chi connectivity index (χ3n) is 6.38. The molecule has 5 aromatic carbocycles. The molecular weight excluding hydrogens is 396 g/mol. The number of benzene rings is 5. The van der Waals surface area contributed by atoms with Crippen LogP contribution in [0.5, 0.6) is 0 Å². The summed E-state index contributed by atoms with van der Waals surface area (Å²) in [7, 11) is 0. The highest BCUT2D eigenvalue weighted by molar-refractivity contribution is 6.13. The van der Waals surface area contributed by atoms with Crippen molar-refractivity contribution in [2.24, 2.45) is 0 Å². The summed E-state index contributed by atoms with van der Waals surface area (Å²) in [5, 5.41) is 8.06. The Morgan fingerprint density at radius 1 is 0.485 bits per heavy atom. The molecule has 1 aliphatic carbocycles. The van der Waals surface area contributed by atoms with E-state index in [1.54, 1.807) is 0 Å². The highest BCUT2D eigenvalue weighted by Crippen LogP contribution is 2.53. The molecule has 0 bridgehead atoms. The second kappa shape index (κ2) is 10.2. The zero-order valence-electron chi connectivity index (χ0n) is 21.6. The average Bonchev–Trinajstić information content (AvgIpc) is 3.12. The van der Waals surface area contributed by atoms with Crippen molar-refractivity contribution in [3.8, 4) is 11.1 Å². The first kappa shape index (κ1) is 24.5. The zero-order chi connectivity index (χ0) is 24.2. The fourth-order valence-electron chi connectivity index (χ4n) is 5.09. The number of hydrogen-bond acceptors (Lipinski definition) is 0. The number of rotatable bonds is 0. The normalized spacial score (nSPS) is 12.5. The molecule has 0 aliphatic heterocycles. The largest absolute Gasteiger partial charge is 0.0683 e. The lowest BCUT2D eigenvalue weighted by molar-refractivity contribution is 0.667. The minimum absolute atomic E-state index is 0.0155. The molecule has 0 spiro atoms. The Bertz CT molecular complexity index is 1390. The molecule has 6 rings (SSSR count). The molecule has 0 heterocycles. The van der Waals surface area contributed by atoms with Gasteiger partial charge in [-0.15, -0.1) is 0 Å². The molecule has 0 amide bonds. The predicted octanol–water partition coefficient (Wildman–Crippen LogP) is 10.5. The molecule has 0 saturated carbocycles. The fourth-order valence-corrected chi connectivity index (χ4v) is 5.09. The maximum atomic E-state index is 2.40. The minimum atomic E-state index is -0.0155. The number of hydrogen-bond donors (Lipinski definition) is 0. The SMILES string of the molecule is CC.CC.CC.CC1(C)c2cc3ccccc3cc2-c2ccc3ccc4ccccc4c3c21. The van der Waals surface area contributed by atoms with Crippen LogP contribution in [0.1, 0.15) is 66.5 Å². The quantitative estimate of drug-likeness (QED) is 0.213. The molecule has 5 aromatic rings. The van der Waals surface area contributed by atoms with Crippen LogP contribution in [-0.2, 0) is 5.41 Å². The monoisotopic (exact) mass is 434 g/mol. The van der Waals surface area contributed by atoms with Gasteiger partial charge in [0.1, 0.15) is 0 Å².